The van der Waals surface area contributed by atoms with Crippen LogP contribution in [0.4, 0.5) is 10.9 Å². The molecule has 0 N–H and O–H groups in total. The lowest BCUT2D eigenvalue weighted by molar-refractivity contribution is 0.637. The highest BCUT2D eigenvalue weighted by Gasteiger charge is 2.21. The Balaban J connectivity index is 1.59. The summed E-state index contributed by atoms with van der Waals surface area (Å²) in [7, 11) is 0. The van der Waals surface area contributed by atoms with Gasteiger partial charge >= 0.3 is 0 Å². The van der Waals surface area contributed by atoms with Crippen LogP contribution in [0.3, 0.4) is 0 Å². The highest BCUT2D eigenvalue weighted by Crippen LogP contribution is 2.22. The van der Waals surface area contributed by atoms with Crippen LogP contribution < -0.4 is 9.80 Å². The lowest BCUT2D eigenvalue weighted by atomic mass is 10.3. The van der Waals surface area contributed by atoms with Crippen molar-refractivity contribution in [3.05, 3.63) is 29.7 Å². The predicted octanol–water partition coefficient (Wildman–Crippen LogP) is 1.22. The van der Waals surface area contributed by atoms with Crippen LogP contribution in [0.1, 0.15) is 5.69 Å². The van der Waals surface area contributed by atoms with Gasteiger partial charge in [-0.3, -0.25) is 0 Å². The number of hydrogen-bond donors (Lipinski definition) is 0. The minimum absolute atomic E-state index is 0.660. The Kier molecular flexibility index (Phi) is 2.95. The van der Waals surface area contributed by atoms with Crippen LogP contribution in [-0.2, 0) is 0 Å². The number of rotatable bonds is 2. The Morgan fingerprint density at radius 3 is 2.67 bits per heavy atom. The van der Waals surface area contributed by atoms with Crippen molar-refractivity contribution in [3.8, 4) is 0 Å². The lowest BCUT2D eigenvalue weighted by Gasteiger charge is -2.35. The van der Waals surface area contributed by atoms with E-state index in [1.807, 2.05) is 23.0 Å². The molecule has 0 amide bonds. The molecule has 0 radical (unpaired) electrons. The van der Waals surface area contributed by atoms with E-state index in [1.54, 1.807) is 17.7 Å². The van der Waals surface area contributed by atoms with E-state index in [1.165, 1.54) is 0 Å². The quantitative estimate of drug-likeness (QED) is 0.709. The fraction of sp³-hybridized carbons (Fsp3) is 0.385. The number of fused-ring (bicyclic) bond motifs is 1. The third-order valence-electron chi connectivity index (χ3n) is 3.65. The minimum atomic E-state index is 0.660. The van der Waals surface area contributed by atoms with Gasteiger partial charge in [-0.2, -0.15) is 14.6 Å². The van der Waals surface area contributed by atoms with Crippen LogP contribution in [-0.4, -0.2) is 50.7 Å². The van der Waals surface area contributed by atoms with Crippen molar-refractivity contribution in [1.29, 1.82) is 0 Å². The monoisotopic (exact) mass is 301 g/mol. The van der Waals surface area contributed by atoms with E-state index < -0.39 is 0 Å². The summed E-state index contributed by atoms with van der Waals surface area (Å²) in [5.74, 6) is 1.72. The van der Waals surface area contributed by atoms with Crippen molar-refractivity contribution in [2.24, 2.45) is 0 Å². The Morgan fingerprint density at radius 2 is 1.90 bits per heavy atom. The number of anilines is 2. The topological polar surface area (TPSA) is 62.5 Å². The van der Waals surface area contributed by atoms with E-state index in [4.69, 9.17) is 0 Å². The molecule has 1 fully saturated rings. The maximum absolute atomic E-state index is 4.39. The molecule has 7 nitrogen and oxygen atoms in total. The van der Waals surface area contributed by atoms with Gasteiger partial charge in [-0.25, -0.2) is 9.97 Å². The molecule has 0 unspecified atom stereocenters. The van der Waals surface area contributed by atoms with Crippen molar-refractivity contribution in [2.45, 2.75) is 6.92 Å². The zero-order valence-electron chi connectivity index (χ0n) is 11.7. The van der Waals surface area contributed by atoms with Crippen LogP contribution in [0.2, 0.25) is 0 Å². The molecule has 1 aliphatic rings. The van der Waals surface area contributed by atoms with Gasteiger partial charge in [-0.1, -0.05) is 0 Å². The SMILES string of the molecule is Cc1cc(N2CCN(c3nccs3)CC2)n2ncnc2n1. The molecule has 0 atom stereocenters. The average Bonchev–Trinajstić information content (AvgIpc) is 3.17. The first-order chi connectivity index (χ1) is 10.3. The molecule has 108 valence electrons. The molecule has 0 aromatic carbocycles. The fourth-order valence-corrected chi connectivity index (χ4v) is 3.33. The summed E-state index contributed by atoms with van der Waals surface area (Å²) in [6, 6.07) is 2.07. The zero-order valence-corrected chi connectivity index (χ0v) is 12.5. The summed E-state index contributed by atoms with van der Waals surface area (Å²) >= 11 is 1.69. The molecule has 4 rings (SSSR count). The molecule has 4 heterocycles. The van der Waals surface area contributed by atoms with Crippen LogP contribution in [0.5, 0.6) is 0 Å². The largest absolute Gasteiger partial charge is 0.353 e. The normalized spacial score (nSPS) is 15.9. The summed E-state index contributed by atoms with van der Waals surface area (Å²) in [6.45, 7) is 5.80. The predicted molar refractivity (Wildman–Crippen MR) is 82.1 cm³/mol. The number of piperazine rings is 1. The fourth-order valence-electron chi connectivity index (χ4n) is 2.64. The number of aromatic nitrogens is 5. The van der Waals surface area contributed by atoms with Gasteiger partial charge in [-0.05, 0) is 6.92 Å². The molecule has 1 aliphatic heterocycles. The molecule has 0 aliphatic carbocycles. The smallest absolute Gasteiger partial charge is 0.254 e. The van der Waals surface area contributed by atoms with Crippen molar-refractivity contribution >= 4 is 28.1 Å². The van der Waals surface area contributed by atoms with Crippen molar-refractivity contribution in [3.63, 3.8) is 0 Å². The summed E-state index contributed by atoms with van der Waals surface area (Å²) in [6.07, 6.45) is 3.41. The number of nitrogens with zero attached hydrogens (tertiary/aromatic N) is 7. The van der Waals surface area contributed by atoms with E-state index in [0.29, 0.717) is 5.78 Å². The molecule has 3 aromatic rings. The van der Waals surface area contributed by atoms with Crippen LogP contribution >= 0.6 is 11.3 Å². The van der Waals surface area contributed by atoms with Gasteiger partial charge in [0.15, 0.2) is 5.13 Å². The molecular formula is C13H15N7S. The second-order valence-corrected chi connectivity index (χ2v) is 5.89. The number of hydrogen-bond acceptors (Lipinski definition) is 7. The average molecular weight is 301 g/mol. The van der Waals surface area contributed by atoms with Crippen molar-refractivity contribution in [2.75, 3.05) is 36.0 Å². The molecule has 0 spiro atoms. The summed E-state index contributed by atoms with van der Waals surface area (Å²) < 4.78 is 1.81. The van der Waals surface area contributed by atoms with Gasteiger partial charge in [0.2, 0.25) is 0 Å². The third-order valence-corrected chi connectivity index (χ3v) is 4.49. The summed E-state index contributed by atoms with van der Waals surface area (Å²) in [5.41, 5.74) is 0.966. The zero-order chi connectivity index (χ0) is 14.2. The maximum Gasteiger partial charge on any atom is 0.254 e. The highest BCUT2D eigenvalue weighted by atomic mass is 32.1. The van der Waals surface area contributed by atoms with E-state index in [0.717, 1.165) is 42.8 Å². The van der Waals surface area contributed by atoms with Gasteiger partial charge in [-0.15, -0.1) is 11.3 Å². The van der Waals surface area contributed by atoms with E-state index in [-0.39, 0.29) is 0 Å². The van der Waals surface area contributed by atoms with Crippen molar-refractivity contribution < 1.29 is 0 Å². The number of aryl methyl sites for hydroxylation is 1. The molecular weight excluding hydrogens is 286 g/mol. The first kappa shape index (κ1) is 12.5. The summed E-state index contributed by atoms with van der Waals surface area (Å²) in [5, 5.41) is 7.41. The first-order valence-electron chi connectivity index (χ1n) is 6.88. The van der Waals surface area contributed by atoms with Crippen LogP contribution in [0.25, 0.3) is 5.78 Å². The maximum atomic E-state index is 4.39. The molecule has 8 heteroatoms. The van der Waals surface area contributed by atoms with E-state index >= 15 is 0 Å². The highest BCUT2D eigenvalue weighted by molar-refractivity contribution is 7.13. The second kappa shape index (κ2) is 4.96. The number of thiazole rings is 1. The van der Waals surface area contributed by atoms with Gasteiger partial charge in [0.05, 0.1) is 0 Å². The molecule has 1 saturated heterocycles. The lowest BCUT2D eigenvalue weighted by Crippen LogP contribution is -2.47. The second-order valence-electron chi connectivity index (χ2n) is 5.02. The van der Waals surface area contributed by atoms with E-state index in [9.17, 15) is 0 Å². The Hall–Kier alpha value is -2.22. The molecule has 21 heavy (non-hydrogen) atoms. The Labute approximate surface area is 125 Å². The Morgan fingerprint density at radius 1 is 1.10 bits per heavy atom. The molecule has 3 aromatic heterocycles. The standard InChI is InChI=1S/C13H15N7S/c1-10-8-11(20-12(17-10)15-9-16-20)18-3-5-19(6-4-18)13-14-2-7-21-13/h2,7-9H,3-6H2,1H3. The first-order valence-corrected chi connectivity index (χ1v) is 7.76. The molecule has 0 bridgehead atoms. The van der Waals surface area contributed by atoms with Crippen molar-refractivity contribution in [1.82, 2.24) is 24.6 Å². The summed E-state index contributed by atoms with van der Waals surface area (Å²) in [4.78, 5) is 17.6. The van der Waals surface area contributed by atoms with Gasteiger partial charge in [0, 0.05) is 49.5 Å². The third kappa shape index (κ3) is 2.21. The van der Waals surface area contributed by atoms with Crippen LogP contribution in [0.15, 0.2) is 24.0 Å². The Bertz CT molecular complexity index is 743. The van der Waals surface area contributed by atoms with E-state index in [2.05, 4.69) is 35.9 Å². The van der Waals surface area contributed by atoms with Gasteiger partial charge in [0.1, 0.15) is 12.1 Å². The van der Waals surface area contributed by atoms with Gasteiger partial charge < -0.3 is 9.80 Å². The molecule has 0 saturated carbocycles. The van der Waals surface area contributed by atoms with Crippen LogP contribution in [0, 0.1) is 6.92 Å². The minimum Gasteiger partial charge on any atom is -0.353 e. The van der Waals surface area contributed by atoms with Gasteiger partial charge in [0.25, 0.3) is 5.78 Å².